The van der Waals surface area contributed by atoms with Crippen molar-refractivity contribution in [3.05, 3.63) is 53.9 Å². The minimum atomic E-state index is -0.681. The van der Waals surface area contributed by atoms with Gasteiger partial charge in [-0.05, 0) is 56.2 Å². The Morgan fingerprint density at radius 2 is 1.96 bits per heavy atom. The Morgan fingerprint density at radius 3 is 2.58 bits per heavy atom. The lowest BCUT2D eigenvalue weighted by Crippen LogP contribution is -2.41. The normalized spacial score (nSPS) is 11.0. The van der Waals surface area contributed by atoms with Gasteiger partial charge in [-0.2, -0.15) is 0 Å². The number of nitrogens with one attached hydrogen (secondary N) is 1. The fraction of sp³-hybridized carbons (Fsp3) is 0.368. The average Bonchev–Trinajstić information content (AvgIpc) is 2.62. The summed E-state index contributed by atoms with van der Waals surface area (Å²) >= 11 is 0. The van der Waals surface area contributed by atoms with Gasteiger partial charge in [0.25, 0.3) is 0 Å². The lowest BCUT2D eigenvalue weighted by molar-refractivity contribution is -0.125. The summed E-state index contributed by atoms with van der Waals surface area (Å²) in [5.41, 5.74) is 1.06. The first-order chi connectivity index (χ1) is 11.5. The van der Waals surface area contributed by atoms with Gasteiger partial charge in [0.15, 0.2) is 0 Å². The second kappa shape index (κ2) is 7.81. The van der Waals surface area contributed by atoms with Crippen LogP contribution in [0.25, 0.3) is 0 Å². The fourth-order valence-electron chi connectivity index (χ4n) is 2.46. The summed E-state index contributed by atoms with van der Waals surface area (Å²) in [6, 6.07) is 11.2. The number of carbonyl (C=O) groups is 1. The molecule has 128 valence electrons. The van der Waals surface area contributed by atoms with Crippen molar-refractivity contribution in [2.45, 2.75) is 25.7 Å². The molecule has 1 heterocycles. The minimum absolute atomic E-state index is 0.0527. The third-order valence-corrected chi connectivity index (χ3v) is 4.04. The number of rotatable bonds is 7. The Kier molecular flexibility index (Phi) is 5.79. The molecule has 1 N–H and O–H groups in total. The highest BCUT2D eigenvalue weighted by molar-refractivity contribution is 5.86. The number of pyridine rings is 1. The van der Waals surface area contributed by atoms with Gasteiger partial charge in [0.1, 0.15) is 11.5 Å². The lowest BCUT2D eigenvalue weighted by Gasteiger charge is -2.23. The molecule has 0 saturated carbocycles. The van der Waals surface area contributed by atoms with E-state index in [0.717, 1.165) is 22.8 Å². The molecule has 2 aromatic rings. The van der Waals surface area contributed by atoms with Crippen molar-refractivity contribution in [3.8, 4) is 11.5 Å². The summed E-state index contributed by atoms with van der Waals surface area (Å²) in [7, 11) is 3.26. The van der Waals surface area contributed by atoms with Crippen LogP contribution in [-0.2, 0) is 16.6 Å². The number of carbonyl (C=O) groups excluding carboxylic acids is 1. The van der Waals surface area contributed by atoms with E-state index in [1.807, 2.05) is 50.2 Å². The topological polar surface area (TPSA) is 60.5 Å². The van der Waals surface area contributed by atoms with E-state index in [1.165, 1.54) is 0 Å². The summed E-state index contributed by atoms with van der Waals surface area (Å²) in [5.74, 6) is 1.50. The number of hydrogen-bond acceptors (Lipinski definition) is 4. The van der Waals surface area contributed by atoms with Gasteiger partial charge in [-0.1, -0.05) is 6.07 Å². The van der Waals surface area contributed by atoms with Crippen LogP contribution in [0, 0.1) is 0 Å². The zero-order valence-corrected chi connectivity index (χ0v) is 14.6. The van der Waals surface area contributed by atoms with E-state index in [0.29, 0.717) is 13.0 Å². The van der Waals surface area contributed by atoms with Gasteiger partial charge in [-0.3, -0.25) is 9.78 Å². The van der Waals surface area contributed by atoms with Gasteiger partial charge >= 0.3 is 0 Å². The second-order valence-corrected chi connectivity index (χ2v) is 6.02. The quantitative estimate of drug-likeness (QED) is 0.849. The van der Waals surface area contributed by atoms with Gasteiger partial charge in [-0.25, -0.2) is 0 Å². The number of hydrogen-bond donors (Lipinski definition) is 1. The van der Waals surface area contributed by atoms with Crippen LogP contribution >= 0.6 is 0 Å². The molecule has 1 amide bonds. The summed E-state index contributed by atoms with van der Waals surface area (Å²) in [4.78, 5) is 16.8. The Hall–Kier alpha value is -2.56. The van der Waals surface area contributed by atoms with E-state index >= 15 is 0 Å². The van der Waals surface area contributed by atoms with E-state index in [1.54, 1.807) is 20.4 Å². The first-order valence-electron chi connectivity index (χ1n) is 7.89. The molecular formula is C19H24N2O3. The molecule has 0 aliphatic rings. The zero-order chi connectivity index (χ0) is 17.6. The smallest absolute Gasteiger partial charge is 0.231 e. The summed E-state index contributed by atoms with van der Waals surface area (Å²) < 4.78 is 10.6. The predicted octanol–water partition coefficient (Wildman–Crippen LogP) is 2.74. The van der Waals surface area contributed by atoms with Crippen molar-refractivity contribution >= 4 is 5.91 Å². The van der Waals surface area contributed by atoms with Gasteiger partial charge in [0, 0.05) is 12.7 Å². The molecule has 0 bridgehead atoms. The molecule has 2 rings (SSSR count). The number of benzene rings is 1. The Bertz CT molecular complexity index is 684. The van der Waals surface area contributed by atoms with Crippen molar-refractivity contribution < 1.29 is 14.3 Å². The number of methoxy groups -OCH3 is 2. The molecule has 1 aromatic heterocycles. The largest absolute Gasteiger partial charge is 0.497 e. The van der Waals surface area contributed by atoms with Crippen LogP contribution in [0.5, 0.6) is 11.5 Å². The molecule has 5 nitrogen and oxygen atoms in total. The highest BCUT2D eigenvalue weighted by Gasteiger charge is 2.30. The van der Waals surface area contributed by atoms with E-state index in [2.05, 4.69) is 10.3 Å². The van der Waals surface area contributed by atoms with E-state index in [9.17, 15) is 4.79 Å². The van der Waals surface area contributed by atoms with Crippen LogP contribution in [0.2, 0.25) is 0 Å². The molecule has 24 heavy (non-hydrogen) atoms. The molecule has 0 saturated heterocycles. The number of nitrogens with zero attached hydrogens (tertiary/aromatic N) is 1. The van der Waals surface area contributed by atoms with Gasteiger partial charge in [-0.15, -0.1) is 0 Å². The van der Waals surface area contributed by atoms with E-state index in [4.69, 9.17) is 9.47 Å². The molecule has 0 aliphatic carbocycles. The van der Waals surface area contributed by atoms with Crippen molar-refractivity contribution in [2.24, 2.45) is 0 Å². The SMILES string of the molecule is COc1ccc(OC)c(CCNC(=O)C(C)(C)c2ccccn2)c1. The fourth-order valence-corrected chi connectivity index (χ4v) is 2.46. The molecule has 0 spiro atoms. The minimum Gasteiger partial charge on any atom is -0.497 e. The van der Waals surface area contributed by atoms with Crippen LogP contribution in [0.4, 0.5) is 0 Å². The third-order valence-electron chi connectivity index (χ3n) is 4.04. The maximum atomic E-state index is 12.5. The first-order valence-corrected chi connectivity index (χ1v) is 7.89. The monoisotopic (exact) mass is 328 g/mol. The van der Waals surface area contributed by atoms with Crippen LogP contribution in [0.1, 0.15) is 25.1 Å². The molecule has 1 aromatic carbocycles. The first kappa shape index (κ1) is 17.8. The summed E-state index contributed by atoms with van der Waals surface area (Å²) in [5, 5.41) is 2.98. The van der Waals surface area contributed by atoms with Crippen molar-refractivity contribution in [1.82, 2.24) is 10.3 Å². The lowest BCUT2D eigenvalue weighted by atomic mass is 9.87. The van der Waals surface area contributed by atoms with Crippen LogP contribution in [0.15, 0.2) is 42.6 Å². The molecule has 0 fully saturated rings. The number of aromatic nitrogens is 1. The molecule has 0 atom stereocenters. The second-order valence-electron chi connectivity index (χ2n) is 6.02. The standard InChI is InChI=1S/C19H24N2O3/c1-19(2,17-7-5-6-11-20-17)18(22)21-12-10-14-13-15(23-3)8-9-16(14)24-4/h5-9,11,13H,10,12H2,1-4H3,(H,21,22). The van der Waals surface area contributed by atoms with Crippen LogP contribution in [-0.4, -0.2) is 31.7 Å². The van der Waals surface area contributed by atoms with E-state index < -0.39 is 5.41 Å². The molecule has 5 heteroatoms. The predicted molar refractivity (Wildman–Crippen MR) is 93.5 cm³/mol. The molecule has 0 unspecified atom stereocenters. The highest BCUT2D eigenvalue weighted by Crippen LogP contribution is 2.24. The van der Waals surface area contributed by atoms with Gasteiger partial charge < -0.3 is 14.8 Å². The zero-order valence-electron chi connectivity index (χ0n) is 14.6. The average molecular weight is 328 g/mol. The van der Waals surface area contributed by atoms with Crippen LogP contribution < -0.4 is 14.8 Å². The summed E-state index contributed by atoms with van der Waals surface area (Å²) in [6.45, 7) is 4.26. The van der Waals surface area contributed by atoms with Crippen molar-refractivity contribution in [1.29, 1.82) is 0 Å². The van der Waals surface area contributed by atoms with Crippen molar-refractivity contribution in [3.63, 3.8) is 0 Å². The molecule has 0 aliphatic heterocycles. The maximum Gasteiger partial charge on any atom is 0.231 e. The number of amides is 1. The van der Waals surface area contributed by atoms with Crippen LogP contribution in [0.3, 0.4) is 0 Å². The highest BCUT2D eigenvalue weighted by atomic mass is 16.5. The van der Waals surface area contributed by atoms with Gasteiger partial charge in [0.2, 0.25) is 5.91 Å². The van der Waals surface area contributed by atoms with Gasteiger partial charge in [0.05, 0.1) is 25.3 Å². The molecule has 0 radical (unpaired) electrons. The summed E-state index contributed by atoms with van der Waals surface area (Å²) in [6.07, 6.45) is 2.36. The number of ether oxygens (including phenoxy) is 2. The third kappa shape index (κ3) is 4.04. The Labute approximate surface area is 143 Å². The maximum absolute atomic E-state index is 12.5. The van der Waals surface area contributed by atoms with Crippen molar-refractivity contribution in [2.75, 3.05) is 20.8 Å². The van der Waals surface area contributed by atoms with E-state index in [-0.39, 0.29) is 5.91 Å². The Morgan fingerprint density at radius 1 is 1.17 bits per heavy atom. The molecular weight excluding hydrogens is 304 g/mol. The Balaban J connectivity index is 2.00.